The molecule has 0 saturated carbocycles. The van der Waals surface area contributed by atoms with Crippen LogP contribution in [-0.2, 0) is 4.79 Å². The SMILES string of the molecule is CCCC(=O)P(c1ccccc1)c1ccccc1. The third-order valence-corrected chi connectivity index (χ3v) is 5.09. The summed E-state index contributed by atoms with van der Waals surface area (Å²) in [5.74, 6) is 0. The highest BCUT2D eigenvalue weighted by Gasteiger charge is 2.20. The van der Waals surface area contributed by atoms with E-state index in [4.69, 9.17) is 0 Å². The molecular weight excluding hydrogens is 239 g/mol. The van der Waals surface area contributed by atoms with Crippen LogP contribution in [0.3, 0.4) is 0 Å². The van der Waals surface area contributed by atoms with E-state index in [0.29, 0.717) is 11.9 Å². The van der Waals surface area contributed by atoms with Crippen molar-refractivity contribution < 1.29 is 4.79 Å². The van der Waals surface area contributed by atoms with Gasteiger partial charge in [0, 0.05) is 14.3 Å². The van der Waals surface area contributed by atoms with Crippen molar-refractivity contribution in [1.82, 2.24) is 0 Å². The van der Waals surface area contributed by atoms with Gasteiger partial charge in [-0.15, -0.1) is 0 Å². The van der Waals surface area contributed by atoms with Crippen LogP contribution in [0.2, 0.25) is 0 Å². The molecule has 18 heavy (non-hydrogen) atoms. The molecule has 0 N–H and O–H groups in total. The standard InChI is InChI=1S/C16H17OP/c1-2-9-16(17)18(14-10-5-3-6-11-14)15-12-7-4-8-13-15/h3-8,10-13H,2,9H2,1H3. The predicted molar refractivity (Wildman–Crippen MR) is 79.0 cm³/mol. The Labute approximate surface area is 110 Å². The van der Waals surface area contributed by atoms with Crippen LogP contribution >= 0.6 is 7.92 Å². The van der Waals surface area contributed by atoms with Crippen LogP contribution in [0.5, 0.6) is 0 Å². The van der Waals surface area contributed by atoms with Gasteiger partial charge in [0.25, 0.3) is 0 Å². The molecule has 0 spiro atoms. The minimum absolute atomic E-state index is 0.366. The van der Waals surface area contributed by atoms with Crippen molar-refractivity contribution in [2.24, 2.45) is 0 Å². The van der Waals surface area contributed by atoms with Crippen LogP contribution in [0.4, 0.5) is 0 Å². The lowest BCUT2D eigenvalue weighted by Crippen LogP contribution is -2.17. The monoisotopic (exact) mass is 256 g/mol. The van der Waals surface area contributed by atoms with Crippen molar-refractivity contribution >= 4 is 24.1 Å². The van der Waals surface area contributed by atoms with Gasteiger partial charge in [-0.1, -0.05) is 67.6 Å². The van der Waals surface area contributed by atoms with Crippen molar-refractivity contribution in [2.75, 3.05) is 0 Å². The van der Waals surface area contributed by atoms with Gasteiger partial charge in [0.15, 0.2) is 5.52 Å². The molecule has 0 atom stereocenters. The lowest BCUT2D eigenvalue weighted by molar-refractivity contribution is -0.111. The normalized spacial score (nSPS) is 10.6. The molecule has 2 aromatic rings. The van der Waals surface area contributed by atoms with E-state index in [9.17, 15) is 4.79 Å². The number of benzene rings is 2. The van der Waals surface area contributed by atoms with E-state index in [1.54, 1.807) is 0 Å². The van der Waals surface area contributed by atoms with Gasteiger partial charge < -0.3 is 0 Å². The quantitative estimate of drug-likeness (QED) is 0.749. The first-order valence-electron chi connectivity index (χ1n) is 6.26. The molecule has 2 rings (SSSR count). The molecule has 0 aromatic heterocycles. The summed E-state index contributed by atoms with van der Waals surface area (Å²) in [7, 11) is -0.857. The largest absolute Gasteiger partial charge is 0.294 e. The zero-order chi connectivity index (χ0) is 12.8. The molecule has 0 bridgehead atoms. The fourth-order valence-corrected chi connectivity index (χ4v) is 4.18. The predicted octanol–water partition coefficient (Wildman–Crippen LogP) is 3.45. The maximum absolute atomic E-state index is 12.4. The van der Waals surface area contributed by atoms with Gasteiger partial charge in [0.05, 0.1) is 0 Å². The summed E-state index contributed by atoms with van der Waals surface area (Å²) >= 11 is 0. The molecular formula is C16H17OP. The Hall–Kier alpha value is -1.46. The lowest BCUT2D eigenvalue weighted by atomic mass is 10.4. The van der Waals surface area contributed by atoms with E-state index in [0.717, 1.165) is 17.0 Å². The van der Waals surface area contributed by atoms with Gasteiger partial charge in [0.2, 0.25) is 0 Å². The second-order valence-electron chi connectivity index (χ2n) is 4.15. The second-order valence-corrected chi connectivity index (χ2v) is 6.35. The Balaban J connectivity index is 2.38. The number of hydrogen-bond acceptors (Lipinski definition) is 1. The molecule has 0 heterocycles. The summed E-state index contributed by atoms with van der Waals surface area (Å²) < 4.78 is 0. The molecule has 92 valence electrons. The number of carbonyl (C=O) groups is 1. The highest BCUT2D eigenvalue weighted by Crippen LogP contribution is 2.36. The average Bonchev–Trinajstić information content (AvgIpc) is 2.42. The highest BCUT2D eigenvalue weighted by molar-refractivity contribution is 7.87. The third-order valence-electron chi connectivity index (χ3n) is 2.74. The summed E-state index contributed by atoms with van der Waals surface area (Å²) in [6, 6.07) is 20.3. The van der Waals surface area contributed by atoms with Crippen LogP contribution in [0.1, 0.15) is 19.8 Å². The van der Waals surface area contributed by atoms with E-state index in [-0.39, 0.29) is 0 Å². The van der Waals surface area contributed by atoms with Gasteiger partial charge in [-0.25, -0.2) is 0 Å². The van der Waals surface area contributed by atoms with Crippen molar-refractivity contribution in [3.05, 3.63) is 60.7 Å². The minimum Gasteiger partial charge on any atom is -0.294 e. The molecule has 0 amide bonds. The van der Waals surface area contributed by atoms with Crippen molar-refractivity contribution in [1.29, 1.82) is 0 Å². The smallest absolute Gasteiger partial charge is 0.163 e. The molecule has 1 nitrogen and oxygen atoms in total. The summed E-state index contributed by atoms with van der Waals surface area (Å²) in [4.78, 5) is 12.4. The molecule has 0 aliphatic carbocycles. The molecule has 2 aromatic carbocycles. The second kappa shape index (κ2) is 6.47. The van der Waals surface area contributed by atoms with Crippen LogP contribution in [0.15, 0.2) is 60.7 Å². The Morgan fingerprint density at radius 3 is 1.72 bits per heavy atom. The number of carbonyl (C=O) groups excluding carboxylic acids is 1. The van der Waals surface area contributed by atoms with E-state index < -0.39 is 7.92 Å². The Morgan fingerprint density at radius 2 is 1.33 bits per heavy atom. The van der Waals surface area contributed by atoms with E-state index in [2.05, 4.69) is 31.2 Å². The van der Waals surface area contributed by atoms with E-state index in [1.165, 1.54) is 0 Å². The number of hydrogen-bond donors (Lipinski definition) is 0. The van der Waals surface area contributed by atoms with E-state index in [1.807, 2.05) is 36.4 Å². The van der Waals surface area contributed by atoms with Crippen molar-refractivity contribution in [2.45, 2.75) is 19.8 Å². The first kappa shape index (κ1) is 13.0. The van der Waals surface area contributed by atoms with Gasteiger partial charge >= 0.3 is 0 Å². The topological polar surface area (TPSA) is 17.1 Å². The molecule has 0 saturated heterocycles. The van der Waals surface area contributed by atoms with Gasteiger partial charge in [-0.3, -0.25) is 4.79 Å². The Bertz CT molecular complexity index is 454. The first-order valence-corrected chi connectivity index (χ1v) is 7.60. The zero-order valence-corrected chi connectivity index (χ0v) is 11.4. The zero-order valence-electron chi connectivity index (χ0n) is 10.5. The van der Waals surface area contributed by atoms with Crippen molar-refractivity contribution in [3.63, 3.8) is 0 Å². The molecule has 0 aliphatic rings. The molecule has 0 aliphatic heterocycles. The first-order chi connectivity index (χ1) is 8.83. The minimum atomic E-state index is -0.857. The third kappa shape index (κ3) is 3.05. The maximum atomic E-state index is 12.4. The highest BCUT2D eigenvalue weighted by atomic mass is 31.1. The molecule has 2 heteroatoms. The molecule has 0 radical (unpaired) electrons. The van der Waals surface area contributed by atoms with Gasteiger partial charge in [-0.2, -0.15) is 0 Å². The summed E-state index contributed by atoms with van der Waals surface area (Å²) in [5.41, 5.74) is 0.366. The lowest BCUT2D eigenvalue weighted by Gasteiger charge is -2.16. The summed E-state index contributed by atoms with van der Waals surface area (Å²) in [6.07, 6.45) is 1.58. The Kier molecular flexibility index (Phi) is 4.66. The summed E-state index contributed by atoms with van der Waals surface area (Å²) in [6.45, 7) is 2.06. The van der Waals surface area contributed by atoms with Crippen LogP contribution in [-0.4, -0.2) is 5.52 Å². The van der Waals surface area contributed by atoms with Gasteiger partial charge in [0.1, 0.15) is 0 Å². The van der Waals surface area contributed by atoms with E-state index >= 15 is 0 Å². The van der Waals surface area contributed by atoms with Crippen LogP contribution in [0, 0.1) is 0 Å². The van der Waals surface area contributed by atoms with Crippen LogP contribution < -0.4 is 10.6 Å². The Morgan fingerprint density at radius 1 is 0.889 bits per heavy atom. The summed E-state index contributed by atoms with van der Waals surface area (Å²) in [5, 5.41) is 2.30. The van der Waals surface area contributed by atoms with Crippen LogP contribution in [0.25, 0.3) is 0 Å². The fourth-order valence-electron chi connectivity index (χ4n) is 1.92. The van der Waals surface area contributed by atoms with Crippen molar-refractivity contribution in [3.8, 4) is 0 Å². The average molecular weight is 256 g/mol. The maximum Gasteiger partial charge on any atom is 0.163 e. The molecule has 0 unspecified atom stereocenters. The molecule has 0 fully saturated rings. The number of rotatable bonds is 5. The fraction of sp³-hybridized carbons (Fsp3) is 0.188. The van der Waals surface area contributed by atoms with Gasteiger partial charge in [-0.05, 0) is 17.0 Å².